The molecule has 0 spiro atoms. The van der Waals surface area contributed by atoms with Crippen LogP contribution in [-0.2, 0) is 10.0 Å². The predicted molar refractivity (Wildman–Crippen MR) is 135 cm³/mol. The smallest absolute Gasteiger partial charge is 0.404 e. The molecule has 1 aromatic heterocycles. The van der Waals surface area contributed by atoms with E-state index < -0.39 is 33.1 Å². The highest BCUT2D eigenvalue weighted by atomic mass is 79.9. The molecule has 13 heteroatoms. The summed E-state index contributed by atoms with van der Waals surface area (Å²) in [5.74, 6) is 0.492. The molecule has 36 heavy (non-hydrogen) atoms. The van der Waals surface area contributed by atoms with Crippen molar-refractivity contribution >= 4 is 48.6 Å². The van der Waals surface area contributed by atoms with Crippen LogP contribution < -0.4 is 19.7 Å². The molecule has 2 aromatic carbocycles. The summed E-state index contributed by atoms with van der Waals surface area (Å²) in [5.41, 5.74) is 0.812. The molecule has 3 aromatic rings. The molecule has 8 nitrogen and oxygen atoms in total. The van der Waals surface area contributed by atoms with Gasteiger partial charge in [-0.05, 0) is 56.0 Å². The first-order valence-electron chi connectivity index (χ1n) is 11.2. The second-order valence-electron chi connectivity index (χ2n) is 8.74. The Morgan fingerprint density at radius 3 is 2.36 bits per heavy atom. The molecule has 1 aliphatic rings. The van der Waals surface area contributed by atoms with Crippen molar-refractivity contribution in [3.05, 3.63) is 46.9 Å². The number of sulfonamides is 1. The van der Waals surface area contributed by atoms with Crippen LogP contribution >= 0.6 is 15.9 Å². The highest BCUT2D eigenvalue weighted by Crippen LogP contribution is 2.33. The van der Waals surface area contributed by atoms with E-state index in [1.807, 2.05) is 43.3 Å². The molecule has 0 aliphatic heterocycles. The van der Waals surface area contributed by atoms with E-state index in [0.29, 0.717) is 31.6 Å². The van der Waals surface area contributed by atoms with Gasteiger partial charge in [0.05, 0.1) is 5.52 Å². The zero-order chi connectivity index (χ0) is 26.1. The van der Waals surface area contributed by atoms with Crippen molar-refractivity contribution in [2.45, 2.75) is 49.0 Å². The van der Waals surface area contributed by atoms with Gasteiger partial charge in [-0.2, -0.15) is 4.98 Å². The highest BCUT2D eigenvalue weighted by molar-refractivity contribution is 9.10. The molecule has 0 unspecified atom stereocenters. The Kier molecular flexibility index (Phi) is 7.62. The molecule has 2 N–H and O–H groups in total. The molecule has 0 radical (unpaired) electrons. The van der Waals surface area contributed by atoms with Gasteiger partial charge in [-0.1, -0.05) is 28.1 Å². The zero-order valence-electron chi connectivity index (χ0n) is 19.5. The minimum absolute atomic E-state index is 0.0266. The van der Waals surface area contributed by atoms with Crippen LogP contribution in [0.2, 0.25) is 0 Å². The number of nitrogens with one attached hydrogen (secondary N) is 2. The summed E-state index contributed by atoms with van der Waals surface area (Å²) in [4.78, 5) is 10.6. The molecule has 1 aliphatic carbocycles. The topological polar surface area (TPSA) is 96.5 Å². The van der Waals surface area contributed by atoms with E-state index in [1.54, 1.807) is 0 Å². The van der Waals surface area contributed by atoms with Crippen molar-refractivity contribution in [1.82, 2.24) is 14.7 Å². The fourth-order valence-corrected chi connectivity index (χ4v) is 5.95. The van der Waals surface area contributed by atoms with E-state index in [4.69, 9.17) is 0 Å². The lowest BCUT2D eigenvalue weighted by molar-refractivity contribution is -0.275. The molecular formula is C23H25BrF3N5O3S. The van der Waals surface area contributed by atoms with Crippen LogP contribution in [0.15, 0.2) is 51.8 Å². The monoisotopic (exact) mass is 587 g/mol. The molecule has 0 atom stereocenters. The van der Waals surface area contributed by atoms with Crippen LogP contribution in [0.5, 0.6) is 5.75 Å². The van der Waals surface area contributed by atoms with Crippen LogP contribution in [0.25, 0.3) is 10.9 Å². The van der Waals surface area contributed by atoms with E-state index in [1.165, 1.54) is 6.07 Å². The van der Waals surface area contributed by atoms with Gasteiger partial charge < -0.3 is 15.0 Å². The van der Waals surface area contributed by atoms with Gasteiger partial charge in [-0.15, -0.1) is 13.2 Å². The number of para-hydroxylation sites is 1. The zero-order valence-corrected chi connectivity index (χ0v) is 21.9. The first-order valence-corrected chi connectivity index (χ1v) is 13.5. The maximum absolute atomic E-state index is 12.9. The molecule has 1 heterocycles. The first-order chi connectivity index (χ1) is 16.9. The number of alkyl halides is 3. The fraction of sp³-hybridized carbons (Fsp3) is 0.391. The minimum atomic E-state index is -5.02. The van der Waals surface area contributed by atoms with Crippen molar-refractivity contribution in [2.24, 2.45) is 0 Å². The van der Waals surface area contributed by atoms with Gasteiger partial charge in [0, 0.05) is 36.0 Å². The Labute approximate surface area is 215 Å². The van der Waals surface area contributed by atoms with Crippen molar-refractivity contribution in [3.63, 3.8) is 0 Å². The summed E-state index contributed by atoms with van der Waals surface area (Å²) < 4.78 is 71.0. The Balaban J connectivity index is 1.43. The van der Waals surface area contributed by atoms with Crippen LogP contribution in [-0.4, -0.2) is 50.9 Å². The molecule has 1 fully saturated rings. The van der Waals surface area contributed by atoms with Crippen molar-refractivity contribution in [3.8, 4) is 5.75 Å². The van der Waals surface area contributed by atoms with Gasteiger partial charge in [0.15, 0.2) is 5.75 Å². The number of hydrogen-bond acceptors (Lipinski definition) is 7. The van der Waals surface area contributed by atoms with E-state index in [9.17, 15) is 21.6 Å². The van der Waals surface area contributed by atoms with Gasteiger partial charge in [0.25, 0.3) is 0 Å². The predicted octanol–water partition coefficient (Wildman–Crippen LogP) is 5.06. The van der Waals surface area contributed by atoms with Crippen LogP contribution in [0.3, 0.4) is 0 Å². The summed E-state index contributed by atoms with van der Waals surface area (Å²) in [7, 11) is -0.424. The van der Waals surface area contributed by atoms with Crippen molar-refractivity contribution in [2.75, 3.05) is 24.3 Å². The SMILES string of the molecule is CN(C)c1nc(N[C@H]2CC[C@@H](NS(=O)(=O)c3ccc(Br)cc3OC(F)(F)F)CC2)nc2ccccc12. The normalized spacial score (nSPS) is 18.7. The van der Waals surface area contributed by atoms with Gasteiger partial charge in [-0.25, -0.2) is 18.1 Å². The number of benzene rings is 2. The lowest BCUT2D eigenvalue weighted by Crippen LogP contribution is -2.40. The van der Waals surface area contributed by atoms with Gasteiger partial charge >= 0.3 is 6.36 Å². The number of nitrogens with zero attached hydrogens (tertiary/aromatic N) is 3. The van der Waals surface area contributed by atoms with Crippen LogP contribution in [0, 0.1) is 0 Å². The number of fused-ring (bicyclic) bond motifs is 1. The largest absolute Gasteiger partial charge is 0.573 e. The van der Waals surface area contributed by atoms with E-state index in [-0.39, 0.29) is 10.5 Å². The Hall–Kier alpha value is -2.64. The van der Waals surface area contributed by atoms with Crippen LogP contribution in [0.4, 0.5) is 24.9 Å². The number of hydrogen-bond donors (Lipinski definition) is 2. The van der Waals surface area contributed by atoms with Crippen molar-refractivity contribution < 1.29 is 26.3 Å². The molecule has 0 amide bonds. The summed E-state index contributed by atoms with van der Waals surface area (Å²) >= 11 is 3.05. The minimum Gasteiger partial charge on any atom is -0.404 e. The third kappa shape index (κ3) is 6.37. The number of rotatable bonds is 7. The Morgan fingerprint density at radius 2 is 1.69 bits per heavy atom. The standard InChI is InChI=1S/C23H25BrF3N5O3S/c1-32(2)21-17-5-3-4-6-18(17)29-22(30-21)28-15-8-10-16(11-9-15)31-36(33,34)20-12-7-14(24)13-19(20)35-23(25,26)27/h3-7,12-13,15-16,31H,8-11H2,1-2H3,(H,28,29,30)/t15-,16+. The number of anilines is 2. The Morgan fingerprint density at radius 1 is 1.03 bits per heavy atom. The summed E-state index contributed by atoms with van der Waals surface area (Å²) in [6, 6.07) is 10.7. The first kappa shape index (κ1) is 26.4. The second-order valence-corrected chi connectivity index (χ2v) is 11.3. The van der Waals surface area contributed by atoms with Gasteiger partial charge in [0.1, 0.15) is 10.7 Å². The lowest BCUT2D eigenvalue weighted by Gasteiger charge is -2.30. The molecular weight excluding hydrogens is 563 g/mol. The average Bonchev–Trinajstić information content (AvgIpc) is 2.78. The third-order valence-electron chi connectivity index (χ3n) is 5.81. The fourth-order valence-electron chi connectivity index (χ4n) is 4.19. The highest BCUT2D eigenvalue weighted by Gasteiger charge is 2.35. The molecule has 194 valence electrons. The summed E-state index contributed by atoms with van der Waals surface area (Å²) in [6.07, 6.45) is -2.76. The lowest BCUT2D eigenvalue weighted by atomic mass is 9.92. The Bertz CT molecular complexity index is 1350. The van der Waals surface area contributed by atoms with E-state index in [2.05, 4.69) is 40.7 Å². The van der Waals surface area contributed by atoms with E-state index >= 15 is 0 Å². The number of ether oxygens (including phenoxy) is 1. The second kappa shape index (κ2) is 10.4. The van der Waals surface area contributed by atoms with Crippen LogP contribution in [0.1, 0.15) is 25.7 Å². The third-order valence-corrected chi connectivity index (χ3v) is 7.86. The maximum atomic E-state index is 12.9. The maximum Gasteiger partial charge on any atom is 0.573 e. The quantitative estimate of drug-likeness (QED) is 0.399. The summed E-state index contributed by atoms with van der Waals surface area (Å²) in [6.45, 7) is 0. The average molecular weight is 588 g/mol. The molecule has 1 saturated carbocycles. The molecule has 0 saturated heterocycles. The van der Waals surface area contributed by atoms with E-state index in [0.717, 1.165) is 28.9 Å². The number of aromatic nitrogens is 2. The molecule has 0 bridgehead atoms. The van der Waals surface area contributed by atoms with Gasteiger partial charge in [-0.3, -0.25) is 0 Å². The summed E-state index contributed by atoms with van der Waals surface area (Å²) in [5, 5.41) is 4.29. The van der Waals surface area contributed by atoms with Crippen molar-refractivity contribution in [1.29, 1.82) is 0 Å². The molecule has 4 rings (SSSR count). The van der Waals surface area contributed by atoms with Gasteiger partial charge in [0.2, 0.25) is 16.0 Å². The number of halogens is 4.